The zero-order valence-electron chi connectivity index (χ0n) is 22.9. The first-order valence-electron chi connectivity index (χ1n) is 14.9. The fourth-order valence-electron chi connectivity index (χ4n) is 4.41. The van der Waals surface area contributed by atoms with Crippen molar-refractivity contribution in [1.29, 1.82) is 0 Å². The van der Waals surface area contributed by atoms with Crippen LogP contribution in [0.4, 0.5) is 0 Å². The van der Waals surface area contributed by atoms with E-state index in [1.165, 1.54) is 109 Å². The van der Waals surface area contributed by atoms with Gasteiger partial charge in [-0.05, 0) is 19.3 Å². The summed E-state index contributed by atoms with van der Waals surface area (Å²) in [6.07, 6.45) is 29.9. The summed E-state index contributed by atoms with van der Waals surface area (Å²) < 4.78 is 0. The number of carbonyl (C=O) groups excluding carboxylic acids is 1. The van der Waals surface area contributed by atoms with Gasteiger partial charge in [-0.2, -0.15) is 0 Å². The molecule has 0 spiro atoms. The number of carbonyl (C=O) groups is 1. The Morgan fingerprint density at radius 2 is 1.09 bits per heavy atom. The fourth-order valence-corrected chi connectivity index (χ4v) is 4.41. The fraction of sp³-hybridized carbons (Fsp3) is 0.900. The monoisotopic (exact) mass is 481 g/mol. The van der Waals surface area contributed by atoms with Gasteiger partial charge in [0.1, 0.15) is 0 Å². The summed E-state index contributed by atoms with van der Waals surface area (Å²) in [4.78, 5) is 12.2. The van der Waals surface area contributed by atoms with Gasteiger partial charge < -0.3 is 15.5 Å². The Kier molecular flexibility index (Phi) is 26.0. The molecule has 0 unspecified atom stereocenters. The van der Waals surface area contributed by atoms with E-state index in [0.717, 1.165) is 25.7 Å². The summed E-state index contributed by atoms with van der Waals surface area (Å²) in [6, 6.07) is -0.611. The van der Waals surface area contributed by atoms with Crippen molar-refractivity contribution in [2.45, 2.75) is 167 Å². The Morgan fingerprint density at radius 3 is 1.53 bits per heavy atom. The molecule has 0 fully saturated rings. The lowest BCUT2D eigenvalue weighted by molar-refractivity contribution is -0.123. The van der Waals surface area contributed by atoms with Gasteiger partial charge in [0.25, 0.3) is 0 Å². The lowest BCUT2D eigenvalue weighted by Crippen LogP contribution is -2.45. The molecule has 0 aliphatic carbocycles. The van der Waals surface area contributed by atoms with Crippen molar-refractivity contribution < 1.29 is 15.0 Å². The van der Waals surface area contributed by atoms with Gasteiger partial charge >= 0.3 is 0 Å². The Labute approximate surface area is 212 Å². The minimum absolute atomic E-state index is 0.0696. The van der Waals surface area contributed by atoms with E-state index < -0.39 is 12.1 Å². The molecule has 0 aromatic heterocycles. The van der Waals surface area contributed by atoms with E-state index in [4.69, 9.17) is 0 Å². The summed E-state index contributed by atoms with van der Waals surface area (Å²) in [5.41, 5.74) is 0. The second-order valence-electron chi connectivity index (χ2n) is 10.2. The number of allylic oxidation sites excluding steroid dienone is 1. The second-order valence-corrected chi connectivity index (χ2v) is 10.2. The first kappa shape index (κ1) is 33.1. The highest BCUT2D eigenvalue weighted by molar-refractivity contribution is 5.76. The molecule has 0 heterocycles. The molecule has 4 nitrogen and oxygen atoms in total. The van der Waals surface area contributed by atoms with Gasteiger partial charge in [0.05, 0.1) is 18.8 Å². The lowest BCUT2D eigenvalue weighted by Gasteiger charge is -2.20. The third-order valence-electron chi connectivity index (χ3n) is 6.77. The molecule has 4 heteroatoms. The predicted octanol–water partition coefficient (Wildman–Crippen LogP) is 8.00. The first-order chi connectivity index (χ1) is 16.7. The van der Waals surface area contributed by atoms with Crippen LogP contribution in [-0.4, -0.2) is 34.9 Å². The average molecular weight is 482 g/mol. The lowest BCUT2D eigenvalue weighted by atomic mass is 10.0. The van der Waals surface area contributed by atoms with Gasteiger partial charge in [0.15, 0.2) is 0 Å². The van der Waals surface area contributed by atoms with Crippen LogP contribution in [0.5, 0.6) is 0 Å². The van der Waals surface area contributed by atoms with Crippen molar-refractivity contribution >= 4 is 5.91 Å². The van der Waals surface area contributed by atoms with Gasteiger partial charge in [-0.25, -0.2) is 0 Å². The van der Waals surface area contributed by atoms with Gasteiger partial charge in [-0.3, -0.25) is 4.79 Å². The summed E-state index contributed by atoms with van der Waals surface area (Å²) in [5.74, 6) is -0.0696. The first-order valence-corrected chi connectivity index (χ1v) is 14.9. The number of aliphatic hydroxyl groups excluding tert-OH is 2. The molecule has 0 saturated carbocycles. The Hall–Kier alpha value is -0.870. The van der Waals surface area contributed by atoms with E-state index >= 15 is 0 Å². The Balaban J connectivity index is 3.68. The third-order valence-corrected chi connectivity index (χ3v) is 6.77. The number of hydrogen-bond acceptors (Lipinski definition) is 3. The van der Waals surface area contributed by atoms with Crippen molar-refractivity contribution in [3.8, 4) is 0 Å². The Morgan fingerprint density at radius 1 is 0.676 bits per heavy atom. The number of unbranched alkanes of at least 4 members (excludes halogenated alkanes) is 19. The molecule has 2 atom stereocenters. The van der Waals surface area contributed by atoms with Crippen LogP contribution in [0.15, 0.2) is 12.2 Å². The molecule has 0 bridgehead atoms. The zero-order valence-corrected chi connectivity index (χ0v) is 22.9. The van der Waals surface area contributed by atoms with Gasteiger partial charge in [0, 0.05) is 6.42 Å². The van der Waals surface area contributed by atoms with Crippen molar-refractivity contribution in [1.82, 2.24) is 5.32 Å². The Bertz CT molecular complexity index is 452. The third kappa shape index (κ3) is 22.9. The molecular weight excluding hydrogens is 422 g/mol. The molecule has 0 saturated heterocycles. The minimum atomic E-state index is -0.829. The average Bonchev–Trinajstić information content (AvgIpc) is 2.84. The van der Waals surface area contributed by atoms with Gasteiger partial charge in [-0.1, -0.05) is 142 Å². The molecule has 3 N–H and O–H groups in total. The summed E-state index contributed by atoms with van der Waals surface area (Å²) >= 11 is 0. The van der Waals surface area contributed by atoms with Crippen LogP contribution in [0.3, 0.4) is 0 Å². The van der Waals surface area contributed by atoms with E-state index in [1.807, 2.05) is 6.08 Å². The van der Waals surface area contributed by atoms with Crippen LogP contribution in [-0.2, 0) is 4.79 Å². The number of aliphatic hydroxyl groups is 2. The molecule has 1 amide bonds. The highest BCUT2D eigenvalue weighted by Crippen LogP contribution is 2.13. The highest BCUT2D eigenvalue weighted by Gasteiger charge is 2.17. The molecule has 0 aromatic carbocycles. The van der Waals surface area contributed by atoms with Crippen LogP contribution in [0.25, 0.3) is 0 Å². The van der Waals surface area contributed by atoms with Crippen LogP contribution >= 0.6 is 0 Å². The number of amides is 1. The maximum absolute atomic E-state index is 12.2. The number of nitrogens with one attached hydrogen (secondary N) is 1. The van der Waals surface area contributed by atoms with Gasteiger partial charge in [-0.15, -0.1) is 0 Å². The van der Waals surface area contributed by atoms with Crippen LogP contribution in [0.2, 0.25) is 0 Å². The number of hydrogen-bond donors (Lipinski definition) is 3. The topological polar surface area (TPSA) is 69.6 Å². The molecule has 0 rings (SSSR count). The van der Waals surface area contributed by atoms with Crippen molar-refractivity contribution in [2.75, 3.05) is 6.61 Å². The molecule has 34 heavy (non-hydrogen) atoms. The van der Waals surface area contributed by atoms with E-state index in [1.54, 1.807) is 6.08 Å². The molecule has 202 valence electrons. The minimum Gasteiger partial charge on any atom is -0.394 e. The van der Waals surface area contributed by atoms with Crippen LogP contribution in [0.1, 0.15) is 155 Å². The molecular formula is C30H59NO3. The summed E-state index contributed by atoms with van der Waals surface area (Å²) in [6.45, 7) is 4.26. The molecule has 0 aliphatic heterocycles. The smallest absolute Gasteiger partial charge is 0.220 e. The molecule has 0 radical (unpaired) electrons. The standard InChI is InChI=1S/C30H59NO3/c1-3-5-7-9-11-13-14-15-16-18-19-21-23-25-29(33)28(27-32)31-30(34)26-24-22-20-17-12-10-8-6-4-2/h23,25,28-29,32-33H,3-22,24,26-27H2,1-2H3,(H,31,34)/b25-23+/t28-,29+/m0/s1. The van der Waals surface area contributed by atoms with Crippen molar-refractivity contribution in [2.24, 2.45) is 0 Å². The van der Waals surface area contributed by atoms with Crippen molar-refractivity contribution in [3.05, 3.63) is 12.2 Å². The van der Waals surface area contributed by atoms with Crippen LogP contribution < -0.4 is 5.32 Å². The van der Waals surface area contributed by atoms with E-state index in [0.29, 0.717) is 6.42 Å². The maximum Gasteiger partial charge on any atom is 0.220 e. The van der Waals surface area contributed by atoms with Gasteiger partial charge in [0.2, 0.25) is 5.91 Å². The largest absolute Gasteiger partial charge is 0.394 e. The summed E-state index contributed by atoms with van der Waals surface area (Å²) in [5, 5.41) is 22.7. The second kappa shape index (κ2) is 26.7. The van der Waals surface area contributed by atoms with Crippen molar-refractivity contribution in [3.63, 3.8) is 0 Å². The number of rotatable bonds is 26. The van der Waals surface area contributed by atoms with Crippen LogP contribution in [0, 0.1) is 0 Å². The van der Waals surface area contributed by atoms with E-state index in [2.05, 4.69) is 19.2 Å². The predicted molar refractivity (Wildman–Crippen MR) is 147 cm³/mol. The maximum atomic E-state index is 12.2. The SMILES string of the molecule is CCCCCCCCCCCCC/C=C/[C@@H](O)[C@H](CO)NC(=O)CCCCCCCCCCC. The highest BCUT2D eigenvalue weighted by atomic mass is 16.3. The zero-order chi connectivity index (χ0) is 25.1. The molecule has 0 aromatic rings. The normalized spacial score (nSPS) is 13.4. The summed E-state index contributed by atoms with van der Waals surface area (Å²) in [7, 11) is 0. The van der Waals surface area contributed by atoms with E-state index in [-0.39, 0.29) is 12.5 Å². The quantitative estimate of drug-likeness (QED) is 0.0865. The molecule has 0 aliphatic rings. The van der Waals surface area contributed by atoms with E-state index in [9.17, 15) is 15.0 Å².